The molecule has 3 rings (SSSR count). The molecular formula is C14H17Cl2N3S. The van der Waals surface area contributed by atoms with E-state index >= 15 is 0 Å². The lowest BCUT2D eigenvalue weighted by atomic mass is 10.0. The number of halogens is 2. The molecule has 0 bridgehead atoms. The summed E-state index contributed by atoms with van der Waals surface area (Å²) in [4.78, 5) is 7.96. The molecule has 3 nitrogen and oxygen atoms in total. The first-order valence-corrected chi connectivity index (χ1v) is 7.66. The Morgan fingerprint density at radius 2 is 2.35 bits per heavy atom. The zero-order valence-electron chi connectivity index (χ0n) is 11.0. The summed E-state index contributed by atoms with van der Waals surface area (Å²) in [6.45, 7) is 4.02. The molecule has 1 atom stereocenters. The van der Waals surface area contributed by atoms with Crippen LogP contribution in [0.5, 0.6) is 0 Å². The molecular weight excluding hydrogens is 313 g/mol. The summed E-state index contributed by atoms with van der Waals surface area (Å²) < 4.78 is 0. The van der Waals surface area contributed by atoms with Crippen molar-refractivity contribution in [1.82, 2.24) is 15.2 Å². The lowest BCUT2D eigenvalue weighted by Crippen LogP contribution is -2.45. The molecule has 1 aliphatic heterocycles. The molecule has 1 fully saturated rings. The van der Waals surface area contributed by atoms with Crippen molar-refractivity contribution in [3.63, 3.8) is 0 Å². The molecule has 1 aromatic heterocycles. The van der Waals surface area contributed by atoms with E-state index in [1.807, 2.05) is 23.8 Å². The van der Waals surface area contributed by atoms with Crippen molar-refractivity contribution in [2.45, 2.75) is 12.6 Å². The van der Waals surface area contributed by atoms with E-state index in [1.165, 1.54) is 10.4 Å². The minimum atomic E-state index is 0. The minimum absolute atomic E-state index is 0. The monoisotopic (exact) mass is 329 g/mol. The van der Waals surface area contributed by atoms with Gasteiger partial charge in [0, 0.05) is 48.3 Å². The van der Waals surface area contributed by atoms with Gasteiger partial charge in [0.15, 0.2) is 0 Å². The van der Waals surface area contributed by atoms with Crippen LogP contribution in [0.4, 0.5) is 0 Å². The molecule has 6 heteroatoms. The Labute approximate surface area is 134 Å². The third kappa shape index (κ3) is 3.71. The van der Waals surface area contributed by atoms with Gasteiger partial charge in [-0.3, -0.25) is 9.88 Å². The topological polar surface area (TPSA) is 28.2 Å². The molecule has 0 radical (unpaired) electrons. The highest BCUT2D eigenvalue weighted by Crippen LogP contribution is 2.26. The Balaban J connectivity index is 0.00000147. The van der Waals surface area contributed by atoms with Crippen LogP contribution in [0.2, 0.25) is 5.02 Å². The van der Waals surface area contributed by atoms with Gasteiger partial charge in [0.05, 0.1) is 5.51 Å². The van der Waals surface area contributed by atoms with Crippen LogP contribution >= 0.6 is 35.3 Å². The molecule has 0 spiro atoms. The Morgan fingerprint density at radius 3 is 3.10 bits per heavy atom. The van der Waals surface area contributed by atoms with Gasteiger partial charge in [-0.15, -0.1) is 23.7 Å². The molecule has 1 unspecified atom stereocenters. The highest BCUT2D eigenvalue weighted by molar-refractivity contribution is 7.09. The molecule has 0 saturated carbocycles. The van der Waals surface area contributed by atoms with Crippen molar-refractivity contribution in [1.29, 1.82) is 0 Å². The van der Waals surface area contributed by atoms with Crippen molar-refractivity contribution in [2.75, 3.05) is 19.6 Å². The first kappa shape index (κ1) is 15.7. The van der Waals surface area contributed by atoms with Crippen molar-refractivity contribution in [3.05, 3.63) is 51.4 Å². The number of hydrogen-bond donors (Lipinski definition) is 1. The van der Waals surface area contributed by atoms with Gasteiger partial charge in [0.1, 0.15) is 0 Å². The van der Waals surface area contributed by atoms with Crippen LogP contribution in [-0.4, -0.2) is 29.5 Å². The van der Waals surface area contributed by atoms with E-state index in [0.717, 1.165) is 31.2 Å². The fraction of sp³-hybridized carbons (Fsp3) is 0.357. The first-order chi connectivity index (χ1) is 9.33. The largest absolute Gasteiger partial charge is 0.314 e. The summed E-state index contributed by atoms with van der Waals surface area (Å²) in [5.41, 5.74) is 3.18. The van der Waals surface area contributed by atoms with Gasteiger partial charge in [-0.1, -0.05) is 23.7 Å². The van der Waals surface area contributed by atoms with Gasteiger partial charge >= 0.3 is 0 Å². The number of piperazine rings is 1. The maximum absolute atomic E-state index is 6.11. The van der Waals surface area contributed by atoms with E-state index in [4.69, 9.17) is 11.6 Å². The number of rotatable bonds is 3. The van der Waals surface area contributed by atoms with Gasteiger partial charge in [-0.05, 0) is 17.7 Å². The molecule has 0 aliphatic carbocycles. The van der Waals surface area contributed by atoms with Crippen LogP contribution in [0.1, 0.15) is 16.5 Å². The van der Waals surface area contributed by atoms with Gasteiger partial charge in [0.2, 0.25) is 0 Å². The number of thiazole rings is 1. The van der Waals surface area contributed by atoms with Crippen LogP contribution in [0, 0.1) is 0 Å². The predicted octanol–water partition coefficient (Wildman–Crippen LogP) is 3.36. The van der Waals surface area contributed by atoms with Gasteiger partial charge in [-0.2, -0.15) is 0 Å². The second-order valence-corrected chi connectivity index (χ2v) is 6.12. The summed E-state index contributed by atoms with van der Waals surface area (Å²) >= 11 is 7.83. The average molecular weight is 330 g/mol. The second kappa shape index (κ2) is 7.38. The summed E-state index contributed by atoms with van der Waals surface area (Å²) in [6.07, 6.45) is 1.96. The highest BCUT2D eigenvalue weighted by atomic mass is 35.5. The standard InChI is InChI=1S/C14H16ClN3S.ClH/c15-12-3-1-2-11(6-12)14-8-16-4-5-18(14)9-13-7-17-10-19-13;/h1-3,6-7,10,14,16H,4-5,8-9H2;1H. The molecule has 2 aromatic rings. The average Bonchev–Trinajstić information content (AvgIpc) is 2.92. The van der Waals surface area contributed by atoms with Crippen LogP contribution in [0.3, 0.4) is 0 Å². The molecule has 2 heterocycles. The number of nitrogens with zero attached hydrogens (tertiary/aromatic N) is 2. The lowest BCUT2D eigenvalue weighted by molar-refractivity contribution is 0.155. The van der Waals surface area contributed by atoms with Crippen molar-refractivity contribution in [3.8, 4) is 0 Å². The fourth-order valence-electron chi connectivity index (χ4n) is 2.50. The number of benzene rings is 1. The van der Waals surface area contributed by atoms with Crippen LogP contribution < -0.4 is 5.32 Å². The second-order valence-electron chi connectivity index (χ2n) is 4.71. The molecule has 0 amide bonds. The SMILES string of the molecule is Cl.Clc1cccc(C2CNCCN2Cc2cncs2)c1. The molecule has 1 N–H and O–H groups in total. The van der Waals surface area contributed by atoms with E-state index in [0.29, 0.717) is 6.04 Å². The van der Waals surface area contributed by atoms with Crippen LogP contribution in [-0.2, 0) is 6.54 Å². The number of nitrogens with one attached hydrogen (secondary N) is 1. The Morgan fingerprint density at radius 1 is 1.45 bits per heavy atom. The molecule has 1 aliphatic rings. The Hall–Kier alpha value is -0.650. The van der Waals surface area contributed by atoms with Gasteiger partial charge in [-0.25, -0.2) is 0 Å². The smallest absolute Gasteiger partial charge is 0.0794 e. The normalized spacial score (nSPS) is 19.6. The molecule has 1 aromatic carbocycles. The molecule has 108 valence electrons. The van der Waals surface area contributed by atoms with E-state index in [-0.39, 0.29) is 12.4 Å². The van der Waals surface area contributed by atoms with E-state index in [9.17, 15) is 0 Å². The summed E-state index contributed by atoms with van der Waals surface area (Å²) in [5, 5.41) is 4.27. The van der Waals surface area contributed by atoms with E-state index < -0.39 is 0 Å². The van der Waals surface area contributed by atoms with E-state index in [2.05, 4.69) is 27.3 Å². The number of hydrogen-bond acceptors (Lipinski definition) is 4. The molecule has 20 heavy (non-hydrogen) atoms. The first-order valence-electron chi connectivity index (χ1n) is 6.40. The van der Waals surface area contributed by atoms with Gasteiger partial charge < -0.3 is 5.32 Å². The van der Waals surface area contributed by atoms with Crippen molar-refractivity contribution in [2.24, 2.45) is 0 Å². The summed E-state index contributed by atoms with van der Waals surface area (Å²) in [5.74, 6) is 0. The zero-order chi connectivity index (χ0) is 13.1. The Bertz CT molecular complexity index is 533. The quantitative estimate of drug-likeness (QED) is 0.935. The lowest BCUT2D eigenvalue weighted by Gasteiger charge is -2.36. The van der Waals surface area contributed by atoms with Crippen molar-refractivity contribution < 1.29 is 0 Å². The fourth-order valence-corrected chi connectivity index (χ4v) is 3.32. The maximum atomic E-state index is 6.11. The molecule has 1 saturated heterocycles. The maximum Gasteiger partial charge on any atom is 0.0794 e. The zero-order valence-corrected chi connectivity index (χ0v) is 13.3. The summed E-state index contributed by atoms with van der Waals surface area (Å²) in [7, 11) is 0. The van der Waals surface area contributed by atoms with E-state index in [1.54, 1.807) is 11.3 Å². The van der Waals surface area contributed by atoms with Crippen LogP contribution in [0.15, 0.2) is 36.0 Å². The van der Waals surface area contributed by atoms with Gasteiger partial charge in [0.25, 0.3) is 0 Å². The highest BCUT2D eigenvalue weighted by Gasteiger charge is 2.24. The summed E-state index contributed by atoms with van der Waals surface area (Å²) in [6, 6.07) is 8.56. The minimum Gasteiger partial charge on any atom is -0.314 e. The Kier molecular flexibility index (Phi) is 5.81. The third-order valence-electron chi connectivity index (χ3n) is 3.43. The predicted molar refractivity (Wildman–Crippen MR) is 86.8 cm³/mol. The third-order valence-corrected chi connectivity index (χ3v) is 4.43. The number of aromatic nitrogens is 1. The van der Waals surface area contributed by atoms with Crippen molar-refractivity contribution >= 4 is 35.3 Å². The van der Waals surface area contributed by atoms with Crippen LogP contribution in [0.25, 0.3) is 0 Å².